The van der Waals surface area contributed by atoms with E-state index >= 15 is 0 Å². The Kier molecular flexibility index (Phi) is 5.55. The lowest BCUT2D eigenvalue weighted by atomic mass is 9.89. The molecule has 4 rings (SSSR count). The summed E-state index contributed by atoms with van der Waals surface area (Å²) in [6, 6.07) is 20.0. The molecule has 1 unspecified atom stereocenters. The highest BCUT2D eigenvalue weighted by Crippen LogP contribution is 2.34. The second-order valence-corrected chi connectivity index (χ2v) is 7.75. The zero-order chi connectivity index (χ0) is 20.4. The molecule has 2 heterocycles. The molecule has 0 spiro atoms. The maximum atomic E-state index is 5.57. The predicted octanol–water partition coefficient (Wildman–Crippen LogP) is 5.35. The molecule has 0 saturated heterocycles. The Morgan fingerprint density at radius 1 is 0.793 bits per heavy atom. The molecule has 0 amide bonds. The Morgan fingerprint density at radius 2 is 1.21 bits per heavy atom. The van der Waals surface area contributed by atoms with E-state index in [1.54, 1.807) is 0 Å². The third kappa shape index (κ3) is 3.61. The van der Waals surface area contributed by atoms with Crippen LogP contribution in [0.15, 0.2) is 60.7 Å². The molecule has 0 aliphatic rings. The van der Waals surface area contributed by atoms with Gasteiger partial charge in [0, 0.05) is 11.4 Å². The van der Waals surface area contributed by atoms with Crippen LogP contribution < -0.4 is 0 Å². The number of H-pyrrole nitrogens is 2. The number of rotatable bonds is 6. The summed E-state index contributed by atoms with van der Waals surface area (Å²) < 4.78 is 5.08. The lowest BCUT2D eigenvalue weighted by Crippen LogP contribution is -2.20. The van der Waals surface area contributed by atoms with E-state index in [1.165, 1.54) is 0 Å². The molecule has 148 valence electrons. The van der Waals surface area contributed by atoms with Gasteiger partial charge in [0.05, 0.1) is 5.92 Å². The van der Waals surface area contributed by atoms with Gasteiger partial charge in [0.25, 0.3) is 0 Å². The van der Waals surface area contributed by atoms with E-state index in [0.29, 0.717) is 9.54 Å². The molecule has 8 heteroatoms. The Labute approximate surface area is 179 Å². The van der Waals surface area contributed by atoms with Gasteiger partial charge in [-0.1, -0.05) is 56.7 Å². The Morgan fingerprint density at radius 3 is 1.59 bits per heavy atom. The van der Waals surface area contributed by atoms with Crippen LogP contribution in [-0.4, -0.2) is 29.5 Å². The Bertz CT molecular complexity index is 1110. The predicted molar refractivity (Wildman–Crippen MR) is 119 cm³/mol. The summed E-state index contributed by atoms with van der Waals surface area (Å²) in [6.07, 6.45) is 0.952. The maximum absolute atomic E-state index is 5.57. The lowest BCUT2D eigenvalue weighted by Gasteiger charge is -2.23. The third-order valence-electron chi connectivity index (χ3n) is 5.19. The van der Waals surface area contributed by atoms with Crippen LogP contribution in [0.4, 0.5) is 0 Å². The van der Waals surface area contributed by atoms with E-state index in [1.807, 2.05) is 69.8 Å². The minimum absolute atomic E-state index is 0.110. The molecule has 0 bridgehead atoms. The average molecular weight is 423 g/mol. The molecule has 2 aromatic carbocycles. The number of hydrogen-bond acceptors (Lipinski definition) is 4. The number of hydrogen-bond donors (Lipinski definition) is 2. The van der Waals surface area contributed by atoms with E-state index in [0.717, 1.165) is 29.4 Å². The van der Waals surface area contributed by atoms with Crippen molar-refractivity contribution in [2.24, 2.45) is 5.92 Å². The summed E-state index contributed by atoms with van der Waals surface area (Å²) in [6.45, 7) is 4.37. The topological polar surface area (TPSA) is 67.2 Å². The molecule has 4 aromatic rings. The minimum Gasteiger partial charge on any atom is -0.272 e. The van der Waals surface area contributed by atoms with Crippen molar-refractivity contribution < 1.29 is 0 Å². The van der Waals surface area contributed by atoms with Gasteiger partial charge in [-0.2, -0.15) is 10.2 Å². The van der Waals surface area contributed by atoms with Crippen LogP contribution >= 0.6 is 24.4 Å². The number of nitrogens with zero attached hydrogens (tertiary/aromatic N) is 4. The Hall–Kier alpha value is -2.84. The number of aromatic amines is 2. The summed E-state index contributed by atoms with van der Waals surface area (Å²) in [5.74, 6) is 1.79. The van der Waals surface area contributed by atoms with Gasteiger partial charge in [-0.25, -0.2) is 0 Å². The van der Waals surface area contributed by atoms with Crippen molar-refractivity contribution in [1.29, 1.82) is 0 Å². The minimum atomic E-state index is -0.110. The molecule has 29 heavy (non-hydrogen) atoms. The van der Waals surface area contributed by atoms with E-state index < -0.39 is 0 Å². The SMILES string of the molecule is CCC(C)C(c1n[nH]c(=S)n1-c1ccccc1)c1n[nH]c(=S)n1-c1ccccc1. The standard InChI is InChI=1S/C21H22N6S2/c1-3-14(2)17(18-22-24-20(28)26(18)15-10-6-4-7-11-15)19-23-25-21(29)27(19)16-12-8-5-9-13-16/h4-14,17H,3H2,1-2H3,(H,24,28)(H,25,29). The first-order valence-corrected chi connectivity index (χ1v) is 10.4. The molecule has 0 saturated carbocycles. The van der Waals surface area contributed by atoms with E-state index in [9.17, 15) is 0 Å². The molecular weight excluding hydrogens is 400 g/mol. The van der Waals surface area contributed by atoms with Crippen molar-refractivity contribution in [2.45, 2.75) is 26.2 Å². The first-order valence-electron chi connectivity index (χ1n) is 9.57. The van der Waals surface area contributed by atoms with Crippen LogP contribution in [0.3, 0.4) is 0 Å². The summed E-state index contributed by atoms with van der Waals surface area (Å²) in [7, 11) is 0. The van der Waals surface area contributed by atoms with Crippen molar-refractivity contribution in [3.63, 3.8) is 0 Å². The van der Waals surface area contributed by atoms with Gasteiger partial charge in [-0.15, -0.1) is 0 Å². The first kappa shape index (κ1) is 19.5. The normalized spacial score (nSPS) is 12.4. The van der Waals surface area contributed by atoms with Gasteiger partial charge in [-0.05, 0) is 54.6 Å². The van der Waals surface area contributed by atoms with Crippen LogP contribution in [0.2, 0.25) is 0 Å². The van der Waals surface area contributed by atoms with Crippen molar-refractivity contribution in [2.75, 3.05) is 0 Å². The molecule has 0 radical (unpaired) electrons. The van der Waals surface area contributed by atoms with Crippen LogP contribution in [-0.2, 0) is 0 Å². The van der Waals surface area contributed by atoms with Gasteiger partial charge in [-0.3, -0.25) is 19.3 Å². The molecule has 1 atom stereocenters. The number of benzene rings is 2. The second kappa shape index (κ2) is 8.26. The van der Waals surface area contributed by atoms with Gasteiger partial charge >= 0.3 is 0 Å². The summed E-state index contributed by atoms with van der Waals surface area (Å²) >= 11 is 11.1. The quantitative estimate of drug-likeness (QED) is 0.411. The molecule has 0 aliphatic heterocycles. The Balaban J connectivity index is 1.95. The lowest BCUT2D eigenvalue weighted by molar-refractivity contribution is 0.451. The number of aromatic nitrogens is 6. The van der Waals surface area contributed by atoms with Crippen LogP contribution in [0.5, 0.6) is 0 Å². The largest absolute Gasteiger partial charge is 0.272 e. The van der Waals surface area contributed by atoms with Gasteiger partial charge in [0.1, 0.15) is 11.6 Å². The summed E-state index contributed by atoms with van der Waals surface area (Å²) in [5, 5.41) is 15.2. The van der Waals surface area contributed by atoms with Crippen molar-refractivity contribution in [1.82, 2.24) is 29.5 Å². The van der Waals surface area contributed by atoms with Crippen molar-refractivity contribution in [3.8, 4) is 11.4 Å². The van der Waals surface area contributed by atoms with Crippen molar-refractivity contribution >= 4 is 24.4 Å². The smallest absolute Gasteiger partial charge is 0.199 e. The highest BCUT2D eigenvalue weighted by molar-refractivity contribution is 7.71. The van der Waals surface area contributed by atoms with Gasteiger partial charge in [0.2, 0.25) is 0 Å². The van der Waals surface area contributed by atoms with Gasteiger partial charge in [0.15, 0.2) is 9.54 Å². The second-order valence-electron chi connectivity index (χ2n) is 6.98. The van der Waals surface area contributed by atoms with E-state index in [-0.39, 0.29) is 11.8 Å². The van der Waals surface area contributed by atoms with E-state index in [4.69, 9.17) is 24.4 Å². The molecule has 0 aliphatic carbocycles. The number of para-hydroxylation sites is 2. The fourth-order valence-corrected chi connectivity index (χ4v) is 4.04. The molecule has 2 N–H and O–H groups in total. The summed E-state index contributed by atoms with van der Waals surface area (Å²) in [5.41, 5.74) is 1.94. The zero-order valence-corrected chi connectivity index (χ0v) is 17.9. The van der Waals surface area contributed by atoms with Crippen molar-refractivity contribution in [3.05, 3.63) is 81.9 Å². The van der Waals surface area contributed by atoms with Gasteiger partial charge < -0.3 is 0 Å². The molecule has 6 nitrogen and oxygen atoms in total. The third-order valence-corrected chi connectivity index (χ3v) is 5.74. The number of nitrogens with one attached hydrogen (secondary N) is 2. The first-order chi connectivity index (χ1) is 14.1. The van der Waals surface area contributed by atoms with Crippen LogP contribution in [0.25, 0.3) is 11.4 Å². The van der Waals surface area contributed by atoms with Crippen LogP contribution in [0.1, 0.15) is 37.8 Å². The van der Waals surface area contributed by atoms with E-state index in [2.05, 4.69) is 34.2 Å². The fourth-order valence-electron chi connectivity index (χ4n) is 3.55. The zero-order valence-electron chi connectivity index (χ0n) is 16.2. The highest BCUT2D eigenvalue weighted by atomic mass is 32.1. The summed E-state index contributed by atoms with van der Waals surface area (Å²) in [4.78, 5) is 0. The van der Waals surface area contributed by atoms with Crippen LogP contribution in [0, 0.1) is 15.5 Å². The highest BCUT2D eigenvalue weighted by Gasteiger charge is 2.31. The maximum Gasteiger partial charge on any atom is 0.199 e. The fraction of sp³-hybridized carbons (Fsp3) is 0.238. The molecule has 0 fully saturated rings. The monoisotopic (exact) mass is 422 g/mol. The average Bonchev–Trinajstić information content (AvgIpc) is 3.32. The molecular formula is C21H22N6S2. The molecule has 2 aromatic heterocycles.